The highest BCUT2D eigenvalue weighted by Crippen LogP contribution is 2.20. The standard InChI is InChI=1S/C26H28FN3O3S/c27-24-10-4-8-21(18-24)12-13-28-26(31)23-9-5-11-25(19-23)34(32,33)30-16-14-29(15-17-30)20-22-6-2-1-3-7-22/h1-11,18-19H,12-17,20H2,(H,28,31). The Morgan fingerprint density at radius 2 is 1.56 bits per heavy atom. The van der Waals surface area contributed by atoms with Gasteiger partial charge in [0.05, 0.1) is 4.90 Å². The first kappa shape index (κ1) is 24.1. The van der Waals surface area contributed by atoms with Gasteiger partial charge in [0, 0.05) is 44.8 Å². The van der Waals surface area contributed by atoms with Crippen LogP contribution in [0.5, 0.6) is 0 Å². The Bertz CT molecular complexity index is 1230. The number of rotatable bonds is 8. The molecule has 8 heteroatoms. The van der Waals surface area contributed by atoms with Crippen molar-refractivity contribution in [2.75, 3.05) is 32.7 Å². The van der Waals surface area contributed by atoms with Crippen LogP contribution in [0.25, 0.3) is 0 Å². The van der Waals surface area contributed by atoms with Crippen LogP contribution in [-0.2, 0) is 23.0 Å². The van der Waals surface area contributed by atoms with Crippen molar-refractivity contribution >= 4 is 15.9 Å². The Morgan fingerprint density at radius 1 is 0.853 bits per heavy atom. The molecule has 3 aromatic rings. The SMILES string of the molecule is O=C(NCCc1cccc(F)c1)c1cccc(S(=O)(=O)N2CCN(Cc3ccccc3)CC2)c1. The molecule has 1 fully saturated rings. The van der Waals surface area contributed by atoms with Crippen LogP contribution in [0.2, 0.25) is 0 Å². The minimum absolute atomic E-state index is 0.113. The lowest BCUT2D eigenvalue weighted by molar-refractivity contribution is 0.0954. The van der Waals surface area contributed by atoms with Gasteiger partial charge in [0.1, 0.15) is 5.82 Å². The number of nitrogens with one attached hydrogen (secondary N) is 1. The van der Waals surface area contributed by atoms with Gasteiger partial charge in [-0.3, -0.25) is 9.69 Å². The van der Waals surface area contributed by atoms with E-state index in [2.05, 4.69) is 22.3 Å². The van der Waals surface area contributed by atoms with Crippen LogP contribution in [-0.4, -0.2) is 56.3 Å². The number of hydrogen-bond donors (Lipinski definition) is 1. The maximum Gasteiger partial charge on any atom is 0.251 e. The van der Waals surface area contributed by atoms with Crippen LogP contribution in [0, 0.1) is 5.82 Å². The third kappa shape index (κ3) is 6.08. The molecule has 1 aliphatic rings. The van der Waals surface area contributed by atoms with E-state index in [0.29, 0.717) is 39.1 Å². The van der Waals surface area contributed by atoms with Gasteiger partial charge in [-0.2, -0.15) is 4.31 Å². The Morgan fingerprint density at radius 3 is 2.29 bits per heavy atom. The van der Waals surface area contributed by atoms with E-state index in [1.807, 2.05) is 18.2 Å². The second kappa shape index (κ2) is 10.9. The van der Waals surface area contributed by atoms with Crippen molar-refractivity contribution in [3.05, 3.63) is 101 Å². The van der Waals surface area contributed by atoms with Gasteiger partial charge in [0.25, 0.3) is 5.91 Å². The summed E-state index contributed by atoms with van der Waals surface area (Å²) in [4.78, 5) is 14.9. The first-order valence-corrected chi connectivity index (χ1v) is 12.7. The highest BCUT2D eigenvalue weighted by atomic mass is 32.2. The third-order valence-electron chi connectivity index (χ3n) is 5.90. The van der Waals surface area contributed by atoms with Gasteiger partial charge in [-0.05, 0) is 47.9 Å². The molecule has 1 heterocycles. The van der Waals surface area contributed by atoms with E-state index < -0.39 is 10.0 Å². The van der Waals surface area contributed by atoms with Gasteiger partial charge >= 0.3 is 0 Å². The minimum atomic E-state index is -3.70. The fourth-order valence-corrected chi connectivity index (χ4v) is 5.50. The summed E-state index contributed by atoms with van der Waals surface area (Å²) in [6.07, 6.45) is 0.481. The van der Waals surface area contributed by atoms with Crippen LogP contribution >= 0.6 is 0 Å². The van der Waals surface area contributed by atoms with E-state index in [-0.39, 0.29) is 22.2 Å². The number of carbonyl (C=O) groups excluding carboxylic acids is 1. The maximum atomic E-state index is 13.3. The first-order chi connectivity index (χ1) is 16.4. The van der Waals surface area contributed by atoms with Crippen LogP contribution in [0.3, 0.4) is 0 Å². The zero-order valence-electron chi connectivity index (χ0n) is 18.9. The molecule has 34 heavy (non-hydrogen) atoms. The van der Waals surface area contributed by atoms with Gasteiger partial charge in [-0.25, -0.2) is 12.8 Å². The molecule has 178 valence electrons. The van der Waals surface area contributed by atoms with Gasteiger partial charge in [-0.1, -0.05) is 48.5 Å². The van der Waals surface area contributed by atoms with E-state index in [9.17, 15) is 17.6 Å². The Hall–Kier alpha value is -3.07. The van der Waals surface area contributed by atoms with E-state index in [0.717, 1.165) is 12.1 Å². The Kier molecular flexibility index (Phi) is 7.72. The highest BCUT2D eigenvalue weighted by Gasteiger charge is 2.29. The van der Waals surface area contributed by atoms with Crippen molar-refractivity contribution in [3.63, 3.8) is 0 Å². The summed E-state index contributed by atoms with van der Waals surface area (Å²) in [7, 11) is -3.70. The van der Waals surface area contributed by atoms with Crippen LogP contribution in [0.4, 0.5) is 4.39 Å². The summed E-state index contributed by atoms with van der Waals surface area (Å²) in [6.45, 7) is 3.21. The molecule has 0 aromatic heterocycles. The molecule has 0 radical (unpaired) electrons. The van der Waals surface area contributed by atoms with E-state index in [1.54, 1.807) is 24.3 Å². The van der Waals surface area contributed by atoms with Gasteiger partial charge in [-0.15, -0.1) is 0 Å². The summed E-state index contributed by atoms with van der Waals surface area (Å²) < 4.78 is 41.2. The average Bonchev–Trinajstić information content (AvgIpc) is 2.85. The van der Waals surface area contributed by atoms with E-state index in [1.165, 1.54) is 34.1 Å². The molecule has 0 saturated carbocycles. The number of carbonyl (C=O) groups is 1. The van der Waals surface area contributed by atoms with Gasteiger partial charge < -0.3 is 5.32 Å². The molecule has 0 unspecified atom stereocenters. The number of sulfonamides is 1. The van der Waals surface area contributed by atoms with Crippen molar-refractivity contribution in [2.24, 2.45) is 0 Å². The molecule has 3 aromatic carbocycles. The summed E-state index contributed by atoms with van der Waals surface area (Å²) in [6, 6.07) is 22.5. The topological polar surface area (TPSA) is 69.7 Å². The Balaban J connectivity index is 1.34. The van der Waals surface area contributed by atoms with E-state index in [4.69, 9.17) is 0 Å². The Labute approximate surface area is 200 Å². The molecular formula is C26H28FN3O3S. The van der Waals surface area contributed by atoms with Crippen LogP contribution < -0.4 is 5.32 Å². The lowest BCUT2D eigenvalue weighted by atomic mass is 10.1. The predicted molar refractivity (Wildman–Crippen MR) is 129 cm³/mol. The summed E-state index contributed by atoms with van der Waals surface area (Å²) in [5.74, 6) is -0.677. The monoisotopic (exact) mass is 481 g/mol. The third-order valence-corrected chi connectivity index (χ3v) is 7.80. The van der Waals surface area contributed by atoms with E-state index >= 15 is 0 Å². The zero-order chi connectivity index (χ0) is 24.0. The fraction of sp³-hybridized carbons (Fsp3) is 0.269. The number of piperazine rings is 1. The molecule has 1 amide bonds. The summed E-state index contributed by atoms with van der Waals surface area (Å²) in [5.41, 5.74) is 2.26. The summed E-state index contributed by atoms with van der Waals surface area (Å²) >= 11 is 0. The molecule has 1 aliphatic heterocycles. The lowest BCUT2D eigenvalue weighted by Crippen LogP contribution is -2.48. The number of halogens is 1. The average molecular weight is 482 g/mol. The summed E-state index contributed by atoms with van der Waals surface area (Å²) in [5, 5.41) is 2.78. The van der Waals surface area contributed by atoms with Crippen LogP contribution in [0.1, 0.15) is 21.5 Å². The van der Waals surface area contributed by atoms with Crippen molar-refractivity contribution in [1.29, 1.82) is 0 Å². The molecule has 6 nitrogen and oxygen atoms in total. The highest BCUT2D eigenvalue weighted by molar-refractivity contribution is 7.89. The van der Waals surface area contributed by atoms with Crippen molar-refractivity contribution < 1.29 is 17.6 Å². The first-order valence-electron chi connectivity index (χ1n) is 11.3. The molecule has 4 rings (SSSR count). The number of nitrogens with zero attached hydrogens (tertiary/aromatic N) is 2. The number of hydrogen-bond acceptors (Lipinski definition) is 4. The minimum Gasteiger partial charge on any atom is -0.352 e. The second-order valence-electron chi connectivity index (χ2n) is 8.33. The normalized spacial score (nSPS) is 15.2. The van der Waals surface area contributed by atoms with Crippen LogP contribution in [0.15, 0.2) is 83.8 Å². The van der Waals surface area contributed by atoms with Crippen molar-refractivity contribution in [2.45, 2.75) is 17.9 Å². The maximum absolute atomic E-state index is 13.3. The quantitative estimate of drug-likeness (QED) is 0.536. The molecule has 0 spiro atoms. The fourth-order valence-electron chi connectivity index (χ4n) is 4.03. The lowest BCUT2D eigenvalue weighted by Gasteiger charge is -2.34. The smallest absolute Gasteiger partial charge is 0.251 e. The largest absolute Gasteiger partial charge is 0.352 e. The number of benzene rings is 3. The van der Waals surface area contributed by atoms with Crippen molar-refractivity contribution in [1.82, 2.24) is 14.5 Å². The molecule has 0 bridgehead atoms. The van der Waals surface area contributed by atoms with Crippen molar-refractivity contribution in [3.8, 4) is 0 Å². The van der Waals surface area contributed by atoms with Gasteiger partial charge in [0.2, 0.25) is 10.0 Å². The second-order valence-corrected chi connectivity index (χ2v) is 10.3. The molecular weight excluding hydrogens is 453 g/mol. The zero-order valence-corrected chi connectivity index (χ0v) is 19.7. The molecule has 0 atom stereocenters. The molecule has 1 N–H and O–H groups in total. The number of amides is 1. The molecule has 1 saturated heterocycles. The van der Waals surface area contributed by atoms with Gasteiger partial charge in [0.15, 0.2) is 0 Å². The predicted octanol–water partition coefficient (Wildman–Crippen LogP) is 3.30. The molecule has 0 aliphatic carbocycles.